The number of rotatable bonds is 3. The van der Waals surface area contributed by atoms with Gasteiger partial charge in [0.1, 0.15) is 0 Å². The maximum Gasteiger partial charge on any atom is 0.281 e. The lowest BCUT2D eigenvalue weighted by molar-refractivity contribution is 0.596. The minimum absolute atomic E-state index is 0.0311. The van der Waals surface area contributed by atoms with Crippen LogP contribution in [-0.4, -0.2) is 17.8 Å². The third-order valence-electron chi connectivity index (χ3n) is 2.74. The quantitative estimate of drug-likeness (QED) is 0.803. The van der Waals surface area contributed by atoms with Gasteiger partial charge in [0.15, 0.2) is 15.1 Å². The first-order valence-electron chi connectivity index (χ1n) is 5.68. The average Bonchev–Trinajstić information content (AvgIpc) is 2.91. The van der Waals surface area contributed by atoms with E-state index >= 15 is 0 Å². The van der Waals surface area contributed by atoms with Crippen LogP contribution in [0.25, 0.3) is 4.96 Å². The number of hydrogen-bond donors (Lipinski definition) is 1. The first-order valence-corrected chi connectivity index (χ1v) is 8.42. The number of nitrogens with one attached hydrogen (secondary N) is 1. The molecule has 1 N–H and O–H groups in total. The smallest absolute Gasteiger partial charge is 0.278 e. The number of fused-ring (bicyclic) bond motifs is 1. The maximum absolute atomic E-state index is 12.4. The molecule has 0 atom stereocenters. The summed E-state index contributed by atoms with van der Waals surface area (Å²) in [4.78, 5) is 4.56. The van der Waals surface area contributed by atoms with Crippen LogP contribution in [0, 0.1) is 6.92 Å². The molecule has 2 aromatic heterocycles. The Morgan fingerprint density at radius 1 is 1.30 bits per heavy atom. The zero-order valence-corrected chi connectivity index (χ0v) is 12.8. The van der Waals surface area contributed by atoms with Crippen LogP contribution >= 0.6 is 22.9 Å². The fraction of sp³-hybridized carbons (Fsp3) is 0.0833. The van der Waals surface area contributed by atoms with Crippen molar-refractivity contribution in [2.45, 2.75) is 11.9 Å². The number of anilines is 1. The number of imidazole rings is 1. The Balaban J connectivity index is 2.05. The summed E-state index contributed by atoms with van der Waals surface area (Å²) in [5, 5.41) is 1.68. The van der Waals surface area contributed by atoms with E-state index in [9.17, 15) is 8.42 Å². The van der Waals surface area contributed by atoms with E-state index in [4.69, 9.17) is 11.6 Å². The lowest BCUT2D eigenvalue weighted by Gasteiger charge is -2.07. The topological polar surface area (TPSA) is 63.5 Å². The number of aryl methyl sites for hydroxylation is 1. The van der Waals surface area contributed by atoms with Crippen molar-refractivity contribution >= 4 is 43.6 Å². The monoisotopic (exact) mass is 327 g/mol. The predicted molar refractivity (Wildman–Crippen MR) is 80.1 cm³/mol. The van der Waals surface area contributed by atoms with Gasteiger partial charge in [0.05, 0.1) is 0 Å². The lowest BCUT2D eigenvalue weighted by atomic mass is 10.2. The highest BCUT2D eigenvalue weighted by atomic mass is 35.5. The lowest BCUT2D eigenvalue weighted by Crippen LogP contribution is -2.15. The summed E-state index contributed by atoms with van der Waals surface area (Å²) in [5.41, 5.74) is 1.53. The fourth-order valence-corrected chi connectivity index (χ4v) is 4.32. The molecule has 8 heteroatoms. The number of benzene rings is 1. The standard InChI is InChI=1S/C12H10ClN3O2S2/c1-8-2-4-9(5-3-8)15-20(17,18)11-10(13)14-12-16(11)6-7-19-12/h2-7,15H,1H3. The van der Waals surface area contributed by atoms with E-state index in [1.54, 1.807) is 23.7 Å². The normalized spacial score (nSPS) is 11.9. The molecule has 0 saturated heterocycles. The van der Waals surface area contributed by atoms with Crippen molar-refractivity contribution < 1.29 is 8.42 Å². The van der Waals surface area contributed by atoms with E-state index in [0.29, 0.717) is 10.6 Å². The van der Waals surface area contributed by atoms with Crippen molar-refractivity contribution in [1.29, 1.82) is 0 Å². The van der Waals surface area contributed by atoms with Crippen molar-refractivity contribution in [2.24, 2.45) is 0 Å². The Morgan fingerprint density at radius 2 is 2.00 bits per heavy atom. The van der Waals surface area contributed by atoms with Crippen LogP contribution in [0.3, 0.4) is 0 Å². The molecule has 0 bridgehead atoms. The van der Waals surface area contributed by atoms with E-state index < -0.39 is 10.0 Å². The molecule has 2 heterocycles. The summed E-state index contributed by atoms with van der Waals surface area (Å²) in [5.74, 6) is 0. The van der Waals surface area contributed by atoms with Crippen LogP contribution < -0.4 is 4.72 Å². The first-order chi connectivity index (χ1) is 9.47. The predicted octanol–water partition coefficient (Wildman–Crippen LogP) is 3.16. The zero-order chi connectivity index (χ0) is 14.3. The molecule has 0 aliphatic carbocycles. The van der Waals surface area contributed by atoms with Gasteiger partial charge in [-0.3, -0.25) is 9.12 Å². The number of halogens is 1. The third-order valence-corrected chi connectivity index (χ3v) is 5.27. The molecule has 20 heavy (non-hydrogen) atoms. The van der Waals surface area contributed by atoms with Crippen LogP contribution in [0.4, 0.5) is 5.69 Å². The number of aromatic nitrogens is 2. The molecule has 0 saturated carbocycles. The molecule has 0 amide bonds. The molecule has 104 valence electrons. The first kappa shape index (κ1) is 13.4. The number of sulfonamides is 1. The Kier molecular flexibility index (Phi) is 3.19. The van der Waals surface area contributed by atoms with Gasteiger partial charge in [-0.05, 0) is 19.1 Å². The van der Waals surface area contributed by atoms with Gasteiger partial charge in [-0.15, -0.1) is 11.3 Å². The molecule has 3 rings (SSSR count). The molecule has 0 spiro atoms. The minimum atomic E-state index is -3.78. The van der Waals surface area contributed by atoms with Gasteiger partial charge in [-0.25, -0.2) is 4.98 Å². The van der Waals surface area contributed by atoms with Gasteiger partial charge in [-0.2, -0.15) is 8.42 Å². The molecule has 0 aliphatic rings. The number of hydrogen-bond acceptors (Lipinski definition) is 4. The average molecular weight is 328 g/mol. The van der Waals surface area contributed by atoms with Crippen LogP contribution in [0.15, 0.2) is 40.9 Å². The third kappa shape index (κ3) is 2.28. The van der Waals surface area contributed by atoms with Crippen molar-refractivity contribution in [1.82, 2.24) is 9.38 Å². The highest BCUT2D eigenvalue weighted by Gasteiger charge is 2.25. The summed E-state index contributed by atoms with van der Waals surface area (Å²) in [6.07, 6.45) is 1.63. The Hall–Kier alpha value is -1.57. The van der Waals surface area contributed by atoms with Crippen molar-refractivity contribution in [3.05, 3.63) is 46.6 Å². The SMILES string of the molecule is Cc1ccc(NS(=O)(=O)c2c(Cl)nc3sccn23)cc1. The molecule has 0 unspecified atom stereocenters. The second-order valence-corrected chi connectivity index (χ2v) is 7.06. The molecule has 0 radical (unpaired) electrons. The van der Waals surface area contributed by atoms with Gasteiger partial charge in [0, 0.05) is 17.3 Å². The Bertz CT molecular complexity index is 866. The minimum Gasteiger partial charge on any atom is -0.278 e. The zero-order valence-electron chi connectivity index (χ0n) is 10.4. The van der Waals surface area contributed by atoms with Gasteiger partial charge < -0.3 is 0 Å². The maximum atomic E-state index is 12.4. The van der Waals surface area contributed by atoms with Gasteiger partial charge in [-0.1, -0.05) is 29.3 Å². The Labute approximate surface area is 124 Å². The largest absolute Gasteiger partial charge is 0.281 e. The molecule has 0 fully saturated rings. The van der Waals surface area contributed by atoms with E-state index in [2.05, 4.69) is 9.71 Å². The summed E-state index contributed by atoms with van der Waals surface area (Å²) in [6.45, 7) is 1.93. The van der Waals surface area contributed by atoms with E-state index in [1.807, 2.05) is 19.1 Å². The van der Waals surface area contributed by atoms with Gasteiger partial charge in [0.2, 0.25) is 0 Å². The Morgan fingerprint density at radius 3 is 2.70 bits per heavy atom. The van der Waals surface area contributed by atoms with Crippen LogP contribution in [0.1, 0.15) is 5.56 Å². The van der Waals surface area contributed by atoms with Crippen molar-refractivity contribution in [2.75, 3.05) is 4.72 Å². The molecular weight excluding hydrogens is 318 g/mol. The number of nitrogens with zero attached hydrogens (tertiary/aromatic N) is 2. The summed E-state index contributed by atoms with van der Waals surface area (Å²) < 4.78 is 28.8. The second kappa shape index (κ2) is 4.76. The van der Waals surface area contributed by atoms with Crippen LogP contribution in [0.5, 0.6) is 0 Å². The summed E-state index contributed by atoms with van der Waals surface area (Å²) >= 11 is 7.26. The summed E-state index contributed by atoms with van der Waals surface area (Å²) in [7, 11) is -3.78. The highest BCUT2D eigenvalue weighted by Crippen LogP contribution is 2.27. The number of thiazole rings is 1. The van der Waals surface area contributed by atoms with Gasteiger partial charge >= 0.3 is 0 Å². The van der Waals surface area contributed by atoms with Gasteiger partial charge in [0.25, 0.3) is 10.0 Å². The molecule has 0 aliphatic heterocycles. The molecular formula is C12H10ClN3O2S2. The molecule has 5 nitrogen and oxygen atoms in total. The molecule has 3 aromatic rings. The fourth-order valence-electron chi connectivity index (χ4n) is 1.80. The van der Waals surface area contributed by atoms with Crippen LogP contribution in [-0.2, 0) is 10.0 Å². The van der Waals surface area contributed by atoms with Crippen molar-refractivity contribution in [3.8, 4) is 0 Å². The second-order valence-electron chi connectivity index (χ2n) is 4.23. The van der Waals surface area contributed by atoms with E-state index in [-0.39, 0.29) is 10.2 Å². The van der Waals surface area contributed by atoms with E-state index in [1.165, 1.54) is 15.7 Å². The van der Waals surface area contributed by atoms with Crippen LogP contribution in [0.2, 0.25) is 5.15 Å². The summed E-state index contributed by atoms with van der Waals surface area (Å²) in [6, 6.07) is 7.06. The molecule has 1 aromatic carbocycles. The van der Waals surface area contributed by atoms with E-state index in [0.717, 1.165) is 5.56 Å². The van der Waals surface area contributed by atoms with Crippen molar-refractivity contribution in [3.63, 3.8) is 0 Å². The highest BCUT2D eigenvalue weighted by molar-refractivity contribution is 7.92.